The molecule has 0 radical (unpaired) electrons. The third kappa shape index (κ3) is 4.85. The molecule has 0 bridgehead atoms. The zero-order valence-electron chi connectivity index (χ0n) is 14.4. The van der Waals surface area contributed by atoms with E-state index in [0.717, 1.165) is 11.1 Å². The summed E-state index contributed by atoms with van der Waals surface area (Å²) in [7, 11) is 0. The first kappa shape index (κ1) is 18.6. The molecule has 0 spiro atoms. The summed E-state index contributed by atoms with van der Waals surface area (Å²) in [4.78, 5) is 12.4. The summed E-state index contributed by atoms with van der Waals surface area (Å²) in [5.41, 5.74) is 3.38. The molecule has 25 heavy (non-hydrogen) atoms. The van der Waals surface area contributed by atoms with Gasteiger partial charge in [0.2, 0.25) is 0 Å². The number of amides is 1. The van der Waals surface area contributed by atoms with Crippen molar-refractivity contribution in [2.75, 3.05) is 11.9 Å². The number of hydrogen-bond acceptors (Lipinski definition) is 3. The van der Waals surface area contributed by atoms with Crippen molar-refractivity contribution >= 4 is 29.3 Å². The lowest BCUT2D eigenvalue weighted by atomic mass is 10.1. The first-order chi connectivity index (χ1) is 11.9. The fourth-order valence-electron chi connectivity index (χ4n) is 2.34. The van der Waals surface area contributed by atoms with Crippen LogP contribution in [-0.4, -0.2) is 12.5 Å². The van der Waals surface area contributed by atoms with Gasteiger partial charge in [-0.2, -0.15) is 5.26 Å². The Balaban J connectivity index is 2.23. The highest BCUT2D eigenvalue weighted by atomic mass is 35.5. The Labute approximate surface area is 152 Å². The minimum atomic E-state index is -0.459. The zero-order valence-corrected chi connectivity index (χ0v) is 15.1. The maximum Gasteiger partial charge on any atom is 0.266 e. The van der Waals surface area contributed by atoms with Crippen molar-refractivity contribution in [1.82, 2.24) is 0 Å². The van der Waals surface area contributed by atoms with Gasteiger partial charge in [-0.3, -0.25) is 4.79 Å². The Morgan fingerprint density at radius 2 is 2.04 bits per heavy atom. The highest BCUT2D eigenvalue weighted by molar-refractivity contribution is 6.32. The van der Waals surface area contributed by atoms with Gasteiger partial charge in [-0.25, -0.2) is 0 Å². The van der Waals surface area contributed by atoms with Gasteiger partial charge in [0, 0.05) is 5.69 Å². The van der Waals surface area contributed by atoms with Crippen molar-refractivity contribution in [2.24, 2.45) is 0 Å². The molecular weight excluding hydrogens is 336 g/mol. The van der Waals surface area contributed by atoms with Crippen LogP contribution < -0.4 is 10.1 Å². The third-order valence-corrected chi connectivity index (χ3v) is 3.86. The first-order valence-corrected chi connectivity index (χ1v) is 8.25. The number of aryl methyl sites for hydroxylation is 2. The van der Waals surface area contributed by atoms with Crippen LogP contribution in [0.3, 0.4) is 0 Å². The molecule has 128 valence electrons. The highest BCUT2D eigenvalue weighted by Gasteiger charge is 2.11. The Kier molecular flexibility index (Phi) is 6.21. The van der Waals surface area contributed by atoms with E-state index in [1.807, 2.05) is 45.0 Å². The molecule has 4 nitrogen and oxygen atoms in total. The maximum absolute atomic E-state index is 12.4. The van der Waals surface area contributed by atoms with Gasteiger partial charge >= 0.3 is 0 Å². The summed E-state index contributed by atoms with van der Waals surface area (Å²) in [5.74, 6) is 0.110. The number of carbonyl (C=O) groups excluding carboxylic acids is 1. The van der Waals surface area contributed by atoms with Crippen LogP contribution in [0, 0.1) is 25.2 Å². The number of nitrogens with one attached hydrogen (secondary N) is 1. The van der Waals surface area contributed by atoms with E-state index in [2.05, 4.69) is 5.32 Å². The molecular formula is C20H19ClN2O2. The number of carbonyl (C=O) groups is 1. The number of ether oxygens (including phenoxy) is 1. The fourth-order valence-corrected chi connectivity index (χ4v) is 2.58. The highest BCUT2D eigenvalue weighted by Crippen LogP contribution is 2.26. The largest absolute Gasteiger partial charge is 0.492 e. The number of nitriles is 1. The van der Waals surface area contributed by atoms with Gasteiger partial charge in [0.15, 0.2) is 0 Å². The van der Waals surface area contributed by atoms with Crippen LogP contribution in [0.25, 0.3) is 6.08 Å². The van der Waals surface area contributed by atoms with Crippen LogP contribution in [-0.2, 0) is 4.79 Å². The van der Waals surface area contributed by atoms with Crippen LogP contribution in [0.15, 0.2) is 42.0 Å². The number of benzene rings is 2. The van der Waals surface area contributed by atoms with E-state index in [1.165, 1.54) is 6.08 Å². The summed E-state index contributed by atoms with van der Waals surface area (Å²) in [6, 6.07) is 12.8. The van der Waals surface area contributed by atoms with Crippen molar-refractivity contribution in [3.8, 4) is 11.8 Å². The van der Waals surface area contributed by atoms with Gasteiger partial charge in [0.1, 0.15) is 17.4 Å². The molecule has 0 fully saturated rings. The molecule has 5 heteroatoms. The second-order valence-corrected chi connectivity index (χ2v) is 5.97. The molecule has 0 saturated carbocycles. The molecule has 0 atom stereocenters. The van der Waals surface area contributed by atoms with E-state index in [9.17, 15) is 10.1 Å². The Morgan fingerprint density at radius 3 is 2.64 bits per heavy atom. The summed E-state index contributed by atoms with van der Waals surface area (Å²) in [6.07, 6.45) is 1.50. The molecule has 2 aromatic carbocycles. The number of nitrogens with zero attached hydrogens (tertiary/aromatic N) is 1. The van der Waals surface area contributed by atoms with Crippen LogP contribution in [0.2, 0.25) is 5.02 Å². The quantitative estimate of drug-likeness (QED) is 0.613. The van der Waals surface area contributed by atoms with E-state index >= 15 is 0 Å². The molecule has 2 aromatic rings. The monoisotopic (exact) mass is 354 g/mol. The minimum absolute atomic E-state index is 0.000187. The minimum Gasteiger partial charge on any atom is -0.492 e. The number of hydrogen-bond donors (Lipinski definition) is 1. The number of halogens is 1. The topological polar surface area (TPSA) is 62.1 Å². The van der Waals surface area contributed by atoms with Crippen LogP contribution in [0.5, 0.6) is 5.75 Å². The zero-order chi connectivity index (χ0) is 18.4. The smallest absolute Gasteiger partial charge is 0.266 e. The molecule has 2 rings (SSSR count). The van der Waals surface area contributed by atoms with E-state index in [-0.39, 0.29) is 5.57 Å². The summed E-state index contributed by atoms with van der Waals surface area (Å²) in [6.45, 7) is 6.27. The number of rotatable bonds is 5. The predicted octanol–water partition coefficient (Wildman–Crippen LogP) is 4.90. The van der Waals surface area contributed by atoms with E-state index in [0.29, 0.717) is 28.6 Å². The molecule has 1 N–H and O–H groups in total. The third-order valence-electron chi connectivity index (χ3n) is 3.56. The van der Waals surface area contributed by atoms with Gasteiger partial charge in [0.25, 0.3) is 5.91 Å². The van der Waals surface area contributed by atoms with Crippen molar-refractivity contribution < 1.29 is 9.53 Å². The Bertz CT molecular complexity index is 866. The summed E-state index contributed by atoms with van der Waals surface area (Å²) in [5, 5.41) is 12.5. The SMILES string of the molecule is CCOc1ccc(/C=C(/C#N)C(=O)Nc2ccc(C)cc2C)cc1Cl. The molecule has 1 amide bonds. The molecule has 0 saturated heterocycles. The normalized spacial score (nSPS) is 10.9. The Hall–Kier alpha value is -2.77. The lowest BCUT2D eigenvalue weighted by molar-refractivity contribution is -0.112. The van der Waals surface area contributed by atoms with Crippen LogP contribution in [0.1, 0.15) is 23.6 Å². The average molecular weight is 355 g/mol. The van der Waals surface area contributed by atoms with Gasteiger partial charge in [-0.15, -0.1) is 0 Å². The lowest BCUT2D eigenvalue weighted by Gasteiger charge is -2.09. The fraction of sp³-hybridized carbons (Fsp3) is 0.200. The number of anilines is 1. The Morgan fingerprint density at radius 1 is 1.28 bits per heavy atom. The average Bonchev–Trinajstić information content (AvgIpc) is 2.57. The molecule has 0 heterocycles. The van der Waals surface area contributed by atoms with Gasteiger partial charge in [-0.1, -0.05) is 35.4 Å². The first-order valence-electron chi connectivity index (χ1n) is 7.87. The second-order valence-electron chi connectivity index (χ2n) is 5.57. The van der Waals surface area contributed by atoms with Crippen LogP contribution >= 0.6 is 11.6 Å². The summed E-state index contributed by atoms with van der Waals surface area (Å²) >= 11 is 6.14. The lowest BCUT2D eigenvalue weighted by Crippen LogP contribution is -2.14. The van der Waals surface area contributed by atoms with E-state index in [4.69, 9.17) is 16.3 Å². The molecule has 0 aliphatic carbocycles. The van der Waals surface area contributed by atoms with Crippen LogP contribution in [0.4, 0.5) is 5.69 Å². The predicted molar refractivity (Wildman–Crippen MR) is 101 cm³/mol. The van der Waals surface area contributed by atoms with Gasteiger partial charge in [0.05, 0.1) is 11.6 Å². The standard InChI is InChI=1S/C20H19ClN2O2/c1-4-25-19-8-6-15(11-17(19)21)10-16(12-22)20(24)23-18-7-5-13(2)9-14(18)3/h5-11H,4H2,1-3H3,(H,23,24)/b16-10-. The van der Waals surface area contributed by atoms with Gasteiger partial charge in [-0.05, 0) is 56.2 Å². The molecule has 0 unspecified atom stereocenters. The maximum atomic E-state index is 12.4. The van der Waals surface area contributed by atoms with Gasteiger partial charge < -0.3 is 10.1 Å². The van der Waals surface area contributed by atoms with E-state index in [1.54, 1.807) is 18.2 Å². The molecule has 0 aliphatic heterocycles. The van der Waals surface area contributed by atoms with Crippen molar-refractivity contribution in [1.29, 1.82) is 5.26 Å². The van der Waals surface area contributed by atoms with E-state index < -0.39 is 5.91 Å². The van der Waals surface area contributed by atoms with Crippen molar-refractivity contribution in [2.45, 2.75) is 20.8 Å². The second kappa shape index (κ2) is 8.36. The van der Waals surface area contributed by atoms with Crippen molar-refractivity contribution in [3.05, 3.63) is 63.7 Å². The summed E-state index contributed by atoms with van der Waals surface area (Å²) < 4.78 is 5.38. The van der Waals surface area contributed by atoms with Crippen molar-refractivity contribution in [3.63, 3.8) is 0 Å². The molecule has 0 aromatic heterocycles. The molecule has 0 aliphatic rings.